The highest BCUT2D eigenvalue weighted by molar-refractivity contribution is 6.32. The van der Waals surface area contributed by atoms with Crippen LogP contribution in [0.2, 0.25) is 0 Å². The number of hydrogen-bond acceptors (Lipinski definition) is 6. The van der Waals surface area contributed by atoms with E-state index in [4.69, 9.17) is 11.6 Å². The van der Waals surface area contributed by atoms with Crippen molar-refractivity contribution in [3.05, 3.63) is 36.0 Å². The highest BCUT2D eigenvalue weighted by Gasteiger charge is 2.49. The Bertz CT molecular complexity index is 1090. The van der Waals surface area contributed by atoms with Gasteiger partial charge in [0, 0.05) is 49.9 Å². The third-order valence-electron chi connectivity index (χ3n) is 5.87. The molecule has 2 atom stereocenters. The number of aliphatic imine (C=N–C) groups is 2. The number of ether oxygens (including phenoxy) is 1. The molecular weight excluding hydrogens is 563 g/mol. The number of halogens is 8. The van der Waals surface area contributed by atoms with Gasteiger partial charge >= 0.3 is 12.7 Å². The number of nitrogens with one attached hydrogen (secondary N) is 1. The molecule has 1 aliphatic heterocycles. The van der Waals surface area contributed by atoms with Gasteiger partial charge in [0.1, 0.15) is 5.75 Å². The summed E-state index contributed by atoms with van der Waals surface area (Å²) in [4.78, 5) is 35.1. The Hall–Kier alpha value is -3.20. The first-order valence-corrected chi connectivity index (χ1v) is 11.7. The van der Waals surface area contributed by atoms with Gasteiger partial charge in [-0.2, -0.15) is 13.2 Å². The van der Waals surface area contributed by atoms with Crippen LogP contribution in [0.1, 0.15) is 19.8 Å². The first-order chi connectivity index (χ1) is 18.0. The van der Waals surface area contributed by atoms with Crippen LogP contribution in [0.15, 0.2) is 46.0 Å². The first kappa shape index (κ1) is 32.0. The lowest BCUT2D eigenvalue weighted by atomic mass is 9.87. The maximum Gasteiger partial charge on any atom is 0.573 e. The van der Waals surface area contributed by atoms with Gasteiger partial charge in [-0.1, -0.05) is 11.6 Å². The van der Waals surface area contributed by atoms with Crippen molar-refractivity contribution in [1.82, 2.24) is 10.2 Å². The fourth-order valence-electron chi connectivity index (χ4n) is 3.99. The van der Waals surface area contributed by atoms with Gasteiger partial charge in [-0.05, 0) is 50.7 Å². The molecule has 0 radical (unpaired) electrons. The third kappa shape index (κ3) is 8.14. The van der Waals surface area contributed by atoms with Crippen LogP contribution in [-0.2, 0) is 9.59 Å². The Kier molecular flexibility index (Phi) is 10.5. The molecule has 0 unspecified atom stereocenters. The maximum absolute atomic E-state index is 14.2. The molecule has 2 amide bonds. The van der Waals surface area contributed by atoms with Crippen molar-refractivity contribution in [3.63, 3.8) is 0 Å². The number of carbonyl (C=O) groups excluding carboxylic acids is 2. The van der Waals surface area contributed by atoms with Gasteiger partial charge in [0.05, 0.1) is 0 Å². The van der Waals surface area contributed by atoms with Crippen molar-refractivity contribution in [2.75, 3.05) is 25.0 Å². The van der Waals surface area contributed by atoms with E-state index in [1.54, 1.807) is 0 Å². The monoisotopic (exact) mass is 587 g/mol. The summed E-state index contributed by atoms with van der Waals surface area (Å²) in [7, 11) is 1.32. The van der Waals surface area contributed by atoms with E-state index in [0.717, 1.165) is 36.7 Å². The summed E-state index contributed by atoms with van der Waals surface area (Å²) >= 11 is 5.45. The number of amides is 2. The molecule has 2 rings (SSSR count). The van der Waals surface area contributed by atoms with E-state index in [9.17, 15) is 40.3 Å². The van der Waals surface area contributed by atoms with Gasteiger partial charge in [0.15, 0.2) is 5.54 Å². The molecule has 1 N–H and O–H groups in total. The second-order valence-electron chi connectivity index (χ2n) is 8.45. The van der Waals surface area contributed by atoms with Crippen LogP contribution in [0, 0.1) is 0 Å². The number of piperidine rings is 1. The summed E-state index contributed by atoms with van der Waals surface area (Å²) in [6, 6.07) is 2.84. The molecule has 1 aromatic rings. The van der Waals surface area contributed by atoms with Crippen LogP contribution in [-0.4, -0.2) is 79.7 Å². The minimum Gasteiger partial charge on any atom is -0.406 e. The highest BCUT2D eigenvalue weighted by Crippen LogP contribution is 2.35. The summed E-state index contributed by atoms with van der Waals surface area (Å²) in [5.74, 6) is -3.10. The number of alkyl halides is 8. The minimum absolute atomic E-state index is 0.0966. The molecule has 1 aliphatic rings. The topological polar surface area (TPSA) is 86.6 Å². The Labute approximate surface area is 224 Å². The van der Waals surface area contributed by atoms with E-state index in [2.05, 4.69) is 26.8 Å². The summed E-state index contributed by atoms with van der Waals surface area (Å²) in [6.45, 7) is 3.66. The van der Waals surface area contributed by atoms with Gasteiger partial charge in [-0.25, -0.2) is 9.29 Å². The molecule has 0 spiro atoms. The van der Waals surface area contributed by atoms with Crippen LogP contribution in [0.5, 0.6) is 5.75 Å². The van der Waals surface area contributed by atoms with Crippen LogP contribution in [0.25, 0.3) is 0 Å². The lowest BCUT2D eigenvalue weighted by Crippen LogP contribution is -2.63. The van der Waals surface area contributed by atoms with Crippen molar-refractivity contribution in [2.45, 2.75) is 49.6 Å². The number of hydrogen-bond donors (Lipinski definition) is 1. The Balaban J connectivity index is 2.57. The third-order valence-corrected chi connectivity index (χ3v) is 6.06. The predicted molar refractivity (Wildman–Crippen MR) is 131 cm³/mol. The van der Waals surface area contributed by atoms with Crippen molar-refractivity contribution in [2.24, 2.45) is 9.98 Å². The maximum atomic E-state index is 14.2. The molecule has 0 saturated carbocycles. The van der Waals surface area contributed by atoms with Gasteiger partial charge in [-0.3, -0.25) is 24.5 Å². The number of anilines is 1. The number of nitrogens with zero attached hydrogens (tertiary/aromatic N) is 4. The molecule has 8 nitrogen and oxygen atoms in total. The lowest BCUT2D eigenvalue weighted by Gasteiger charge is -2.42. The average molecular weight is 588 g/mol. The number of rotatable bonds is 9. The molecule has 39 heavy (non-hydrogen) atoms. The number of likely N-dealkylation sites (tertiary alicyclic amines) is 1. The normalized spacial score (nSPS) is 18.4. The number of benzene rings is 1. The standard InChI is InChI=1S/C23H25ClF7N5O3/c1-21(14(12-32-2)13-33-3,20(38)34-15-8-10-35(11-9-15)22(26,27)28)36(19(37)18(24)25)16-4-6-17(7-5-16)39-23(29,30)31/h4-7,12-13,15,18H,2,8-11H2,1,3H3,(H,34,38)/b14-12+,33-13-/t18-,21+/m0/s1. The SMILES string of the molecule is C=N/C=C(\C=N/C)[C@](C)(C(=O)NC1CCN(C(F)(F)F)CC1)N(C(=O)[C@H](F)Cl)c1ccc(OC(F)(F)F)cc1. The van der Waals surface area contributed by atoms with Crippen LogP contribution in [0.4, 0.5) is 36.4 Å². The molecular formula is C23H25ClF7N5O3. The van der Waals surface area contributed by atoms with Crippen LogP contribution in [0.3, 0.4) is 0 Å². The van der Waals surface area contributed by atoms with Gasteiger partial charge in [-0.15, -0.1) is 13.2 Å². The molecule has 1 aromatic carbocycles. The first-order valence-electron chi connectivity index (χ1n) is 11.2. The summed E-state index contributed by atoms with van der Waals surface area (Å²) < 4.78 is 94.9. The fraction of sp³-hybridized carbons (Fsp3) is 0.478. The molecule has 0 aromatic heterocycles. The van der Waals surface area contributed by atoms with Gasteiger partial charge in [0.2, 0.25) is 0 Å². The summed E-state index contributed by atoms with van der Waals surface area (Å²) in [5, 5.41) is 2.58. The van der Waals surface area contributed by atoms with Crippen LogP contribution >= 0.6 is 11.6 Å². The molecule has 0 bridgehead atoms. The smallest absolute Gasteiger partial charge is 0.406 e. The lowest BCUT2D eigenvalue weighted by molar-refractivity contribution is -0.274. The fourth-order valence-corrected chi connectivity index (χ4v) is 4.09. The van der Waals surface area contributed by atoms with Crippen molar-refractivity contribution in [3.8, 4) is 5.75 Å². The van der Waals surface area contributed by atoms with Gasteiger partial charge < -0.3 is 10.1 Å². The molecule has 0 aliphatic carbocycles. The van der Waals surface area contributed by atoms with Crippen molar-refractivity contribution >= 4 is 42.0 Å². The highest BCUT2D eigenvalue weighted by atomic mass is 35.5. The van der Waals surface area contributed by atoms with E-state index < -0.39 is 60.5 Å². The van der Waals surface area contributed by atoms with E-state index >= 15 is 0 Å². The molecule has 1 saturated heterocycles. The zero-order chi connectivity index (χ0) is 29.6. The molecule has 16 heteroatoms. The van der Waals surface area contributed by atoms with E-state index in [-0.39, 0.29) is 29.0 Å². The Morgan fingerprint density at radius 3 is 2.18 bits per heavy atom. The van der Waals surface area contributed by atoms with Crippen LogP contribution < -0.4 is 15.0 Å². The van der Waals surface area contributed by atoms with Crippen molar-refractivity contribution in [1.29, 1.82) is 0 Å². The largest absolute Gasteiger partial charge is 0.573 e. The number of carbonyl (C=O) groups is 2. The Morgan fingerprint density at radius 1 is 1.18 bits per heavy atom. The molecule has 216 valence electrons. The van der Waals surface area contributed by atoms with E-state index in [1.165, 1.54) is 14.0 Å². The predicted octanol–water partition coefficient (Wildman–Crippen LogP) is 4.60. The molecule has 1 heterocycles. The second-order valence-corrected chi connectivity index (χ2v) is 8.83. The second kappa shape index (κ2) is 12.8. The summed E-state index contributed by atoms with van der Waals surface area (Å²) in [6.07, 6.45) is -7.60. The molecule has 1 fully saturated rings. The van der Waals surface area contributed by atoms with E-state index in [1.807, 2.05) is 0 Å². The average Bonchev–Trinajstić information content (AvgIpc) is 2.83. The van der Waals surface area contributed by atoms with E-state index in [0.29, 0.717) is 4.90 Å². The zero-order valence-corrected chi connectivity index (χ0v) is 21.4. The quantitative estimate of drug-likeness (QED) is 0.198. The summed E-state index contributed by atoms with van der Waals surface area (Å²) in [5.41, 5.74) is -5.28. The van der Waals surface area contributed by atoms with Gasteiger partial charge in [0.25, 0.3) is 17.4 Å². The van der Waals surface area contributed by atoms with Crippen molar-refractivity contribution < 1.29 is 45.1 Å². The minimum atomic E-state index is -5.02. The zero-order valence-electron chi connectivity index (χ0n) is 20.7. The Morgan fingerprint density at radius 2 is 1.74 bits per heavy atom.